The minimum Gasteiger partial charge on any atom is -0.388 e. The Hall–Kier alpha value is -0.980. The van der Waals surface area contributed by atoms with Crippen LogP contribution < -0.4 is 5.32 Å². The number of benzene rings is 1. The van der Waals surface area contributed by atoms with Crippen molar-refractivity contribution in [2.45, 2.75) is 13.8 Å². The van der Waals surface area contributed by atoms with Gasteiger partial charge >= 0.3 is 0 Å². The Morgan fingerprint density at radius 2 is 2.20 bits per heavy atom. The van der Waals surface area contributed by atoms with E-state index >= 15 is 0 Å². The van der Waals surface area contributed by atoms with E-state index in [1.54, 1.807) is 6.07 Å². The van der Waals surface area contributed by atoms with E-state index in [4.69, 9.17) is 4.11 Å². The van der Waals surface area contributed by atoms with E-state index in [1.807, 2.05) is 26.0 Å². The van der Waals surface area contributed by atoms with E-state index in [-0.39, 0.29) is 0 Å². The molecule has 0 radical (unpaired) electrons. The summed E-state index contributed by atoms with van der Waals surface area (Å²) >= 11 is 0. The molecule has 0 saturated heterocycles. The predicted octanol–water partition coefficient (Wildman–Crippen LogP) is 2.35. The molecule has 0 amide bonds. The van der Waals surface area contributed by atoms with Gasteiger partial charge in [0.1, 0.15) is 0 Å². The maximum absolute atomic E-state index is 7.04. The summed E-state index contributed by atoms with van der Waals surface area (Å²) in [6, 6.07) is 5.63. The standard InChI is InChI=1S/C9H13N/c1-7-4-5-9(10-3)8(2)6-7/h4-6,10H,1-3H3/i3D3. The molecule has 1 heteroatoms. The summed E-state index contributed by atoms with van der Waals surface area (Å²) in [6.45, 7) is 1.76. The number of anilines is 1. The number of rotatable bonds is 1. The molecular formula is C9H13N. The van der Waals surface area contributed by atoms with Crippen LogP contribution in [0.15, 0.2) is 18.2 Å². The van der Waals surface area contributed by atoms with Gasteiger partial charge in [-0.2, -0.15) is 0 Å². The van der Waals surface area contributed by atoms with Gasteiger partial charge in [-0.3, -0.25) is 0 Å². The average molecular weight is 138 g/mol. The summed E-state index contributed by atoms with van der Waals surface area (Å²) in [5, 5.41) is 2.48. The Morgan fingerprint density at radius 3 is 2.80 bits per heavy atom. The fraction of sp³-hybridized carbons (Fsp3) is 0.333. The smallest absolute Gasteiger partial charge is 0.0453 e. The lowest BCUT2D eigenvalue weighted by Crippen LogP contribution is -1.90. The number of hydrogen-bond acceptors (Lipinski definition) is 1. The van der Waals surface area contributed by atoms with E-state index in [2.05, 4.69) is 5.32 Å². The Kier molecular flexibility index (Phi) is 1.10. The van der Waals surface area contributed by atoms with Crippen molar-refractivity contribution in [2.24, 2.45) is 0 Å². The molecule has 54 valence electrons. The van der Waals surface area contributed by atoms with Crippen molar-refractivity contribution >= 4 is 5.69 Å². The van der Waals surface area contributed by atoms with Crippen LogP contribution in [0.2, 0.25) is 0 Å². The van der Waals surface area contributed by atoms with Crippen LogP contribution >= 0.6 is 0 Å². The maximum Gasteiger partial charge on any atom is 0.0453 e. The summed E-state index contributed by atoms with van der Waals surface area (Å²) < 4.78 is 21.1. The van der Waals surface area contributed by atoms with Crippen LogP contribution in [0.25, 0.3) is 0 Å². The van der Waals surface area contributed by atoms with Crippen molar-refractivity contribution in [3.05, 3.63) is 29.3 Å². The van der Waals surface area contributed by atoms with Crippen LogP contribution in [0, 0.1) is 13.8 Å². The molecule has 1 N–H and O–H groups in total. The van der Waals surface area contributed by atoms with Crippen molar-refractivity contribution in [1.82, 2.24) is 0 Å². The summed E-state index contributed by atoms with van der Waals surface area (Å²) in [7, 11) is 0. The lowest BCUT2D eigenvalue weighted by Gasteiger charge is -2.04. The first-order valence-electron chi connectivity index (χ1n) is 4.74. The minimum absolute atomic E-state index is 0.672. The maximum atomic E-state index is 7.04. The zero-order valence-corrected chi connectivity index (χ0v) is 6.23. The van der Waals surface area contributed by atoms with Crippen molar-refractivity contribution < 1.29 is 4.11 Å². The second-order valence-corrected chi connectivity index (χ2v) is 2.44. The molecule has 10 heavy (non-hydrogen) atoms. The molecule has 0 aliphatic carbocycles. The van der Waals surface area contributed by atoms with Gasteiger partial charge in [0, 0.05) is 16.8 Å². The molecule has 1 aromatic carbocycles. The second kappa shape index (κ2) is 2.74. The molecule has 0 spiro atoms. The van der Waals surface area contributed by atoms with Gasteiger partial charge in [0.25, 0.3) is 0 Å². The third-order valence-corrected chi connectivity index (χ3v) is 1.52. The first kappa shape index (κ1) is 4.02. The van der Waals surface area contributed by atoms with Crippen molar-refractivity contribution in [3.8, 4) is 0 Å². The van der Waals surface area contributed by atoms with Crippen LogP contribution in [0.5, 0.6) is 0 Å². The molecule has 0 aromatic heterocycles. The Balaban J connectivity index is 2.90. The lowest BCUT2D eigenvalue weighted by atomic mass is 10.1. The van der Waals surface area contributed by atoms with Gasteiger partial charge in [0.15, 0.2) is 0 Å². The van der Waals surface area contributed by atoms with Crippen molar-refractivity contribution in [1.29, 1.82) is 0 Å². The van der Waals surface area contributed by atoms with Crippen molar-refractivity contribution in [2.75, 3.05) is 12.3 Å². The summed E-state index contributed by atoms with van der Waals surface area (Å²) in [4.78, 5) is 0. The number of nitrogens with one attached hydrogen (secondary N) is 1. The quantitative estimate of drug-likeness (QED) is 0.628. The van der Waals surface area contributed by atoms with Crippen LogP contribution in [0.4, 0.5) is 5.69 Å². The number of aryl methyl sites for hydroxylation is 2. The fourth-order valence-electron chi connectivity index (χ4n) is 0.954. The Morgan fingerprint density at radius 1 is 1.40 bits per heavy atom. The second-order valence-electron chi connectivity index (χ2n) is 2.44. The summed E-state index contributed by atoms with van der Waals surface area (Å²) in [6.07, 6.45) is 0. The van der Waals surface area contributed by atoms with Crippen LogP contribution in [-0.4, -0.2) is 6.98 Å². The summed E-state index contributed by atoms with van der Waals surface area (Å²) in [5.74, 6) is 0. The Bertz CT molecular complexity index is 304. The molecular weight excluding hydrogens is 122 g/mol. The summed E-state index contributed by atoms with van der Waals surface area (Å²) in [5.41, 5.74) is 2.76. The molecule has 1 rings (SSSR count). The first-order chi connectivity index (χ1) is 5.88. The normalized spacial score (nSPS) is 15.2. The van der Waals surface area contributed by atoms with Gasteiger partial charge in [-0.1, -0.05) is 17.7 Å². The molecule has 0 bridgehead atoms. The number of hydrogen-bond donors (Lipinski definition) is 1. The van der Waals surface area contributed by atoms with E-state index in [0.29, 0.717) is 5.69 Å². The molecule has 0 aliphatic rings. The van der Waals surface area contributed by atoms with Gasteiger partial charge in [-0.15, -0.1) is 0 Å². The van der Waals surface area contributed by atoms with E-state index in [0.717, 1.165) is 11.1 Å². The van der Waals surface area contributed by atoms with Crippen LogP contribution in [0.3, 0.4) is 0 Å². The zero-order chi connectivity index (χ0) is 10.1. The minimum atomic E-state index is -2.11. The van der Waals surface area contributed by atoms with Crippen LogP contribution in [-0.2, 0) is 0 Å². The third kappa shape index (κ3) is 1.29. The van der Waals surface area contributed by atoms with Gasteiger partial charge in [-0.05, 0) is 25.5 Å². The highest BCUT2D eigenvalue weighted by Gasteiger charge is 1.92. The highest BCUT2D eigenvalue weighted by molar-refractivity contribution is 5.51. The lowest BCUT2D eigenvalue weighted by molar-refractivity contribution is 1.35. The molecule has 0 unspecified atom stereocenters. The highest BCUT2D eigenvalue weighted by atomic mass is 14.8. The fourth-order valence-corrected chi connectivity index (χ4v) is 0.954. The third-order valence-electron chi connectivity index (χ3n) is 1.52. The molecule has 1 aromatic rings. The van der Waals surface area contributed by atoms with E-state index in [1.165, 1.54) is 0 Å². The van der Waals surface area contributed by atoms with E-state index in [9.17, 15) is 0 Å². The average Bonchev–Trinajstić information content (AvgIpc) is 1.93. The highest BCUT2D eigenvalue weighted by Crippen LogP contribution is 2.14. The molecule has 0 aliphatic heterocycles. The SMILES string of the molecule is [2H]C([2H])([2H])Nc1ccc(C)cc1C. The molecule has 0 heterocycles. The predicted molar refractivity (Wildman–Crippen MR) is 45.5 cm³/mol. The first-order valence-corrected chi connectivity index (χ1v) is 3.24. The topological polar surface area (TPSA) is 12.0 Å². The largest absolute Gasteiger partial charge is 0.388 e. The van der Waals surface area contributed by atoms with Gasteiger partial charge in [0.2, 0.25) is 0 Å². The van der Waals surface area contributed by atoms with Crippen molar-refractivity contribution in [3.63, 3.8) is 0 Å². The molecule has 0 saturated carbocycles. The monoisotopic (exact) mass is 138 g/mol. The Labute approximate surface area is 66.3 Å². The van der Waals surface area contributed by atoms with Gasteiger partial charge in [0.05, 0.1) is 0 Å². The van der Waals surface area contributed by atoms with Gasteiger partial charge in [-0.25, -0.2) is 0 Å². The van der Waals surface area contributed by atoms with E-state index < -0.39 is 6.98 Å². The molecule has 0 fully saturated rings. The van der Waals surface area contributed by atoms with Crippen LogP contribution in [0.1, 0.15) is 15.2 Å². The van der Waals surface area contributed by atoms with Gasteiger partial charge < -0.3 is 5.32 Å². The zero-order valence-electron chi connectivity index (χ0n) is 9.23. The molecule has 1 nitrogen and oxygen atoms in total. The molecule has 0 atom stereocenters.